The van der Waals surface area contributed by atoms with E-state index in [1.165, 1.54) is 11.3 Å². The molecule has 116 valence electrons. The number of carbonyl (C=O) groups excluding carboxylic acids is 1. The molecule has 1 aliphatic rings. The molecular formula is C16H19N3O2S. The zero-order valence-electron chi connectivity index (χ0n) is 12.5. The molecule has 0 aromatic carbocycles. The van der Waals surface area contributed by atoms with Crippen LogP contribution in [0.25, 0.3) is 10.7 Å². The number of thiazole rings is 1. The second-order valence-electron chi connectivity index (χ2n) is 5.58. The molecule has 1 aliphatic carbocycles. The summed E-state index contributed by atoms with van der Waals surface area (Å²) < 4.78 is 0. The van der Waals surface area contributed by atoms with Gasteiger partial charge in [0.05, 0.1) is 23.5 Å². The number of carbonyl (C=O) groups is 1. The second kappa shape index (κ2) is 6.54. The highest BCUT2D eigenvalue weighted by Gasteiger charge is 2.26. The van der Waals surface area contributed by atoms with Crippen molar-refractivity contribution in [1.29, 1.82) is 0 Å². The minimum absolute atomic E-state index is 0.150. The molecule has 0 radical (unpaired) electrons. The van der Waals surface area contributed by atoms with Gasteiger partial charge in [0, 0.05) is 6.20 Å². The first kappa shape index (κ1) is 15.1. The van der Waals surface area contributed by atoms with Crippen LogP contribution in [-0.4, -0.2) is 33.1 Å². The summed E-state index contributed by atoms with van der Waals surface area (Å²) in [6.07, 6.45) is 4.93. The number of nitrogens with one attached hydrogen (secondary N) is 1. The fraction of sp³-hybridized carbons (Fsp3) is 0.438. The lowest BCUT2D eigenvalue weighted by atomic mass is 9.92. The van der Waals surface area contributed by atoms with E-state index in [0.717, 1.165) is 36.4 Å². The fourth-order valence-electron chi connectivity index (χ4n) is 2.72. The zero-order valence-corrected chi connectivity index (χ0v) is 13.3. The van der Waals surface area contributed by atoms with Gasteiger partial charge in [-0.15, -0.1) is 11.3 Å². The van der Waals surface area contributed by atoms with E-state index < -0.39 is 6.10 Å². The highest BCUT2D eigenvalue weighted by Crippen LogP contribution is 2.27. The third kappa shape index (κ3) is 3.18. The van der Waals surface area contributed by atoms with Gasteiger partial charge in [0.25, 0.3) is 5.91 Å². The highest BCUT2D eigenvalue weighted by atomic mass is 32.1. The lowest BCUT2D eigenvalue weighted by molar-refractivity contribution is 0.0719. The van der Waals surface area contributed by atoms with Crippen molar-refractivity contribution in [2.75, 3.05) is 0 Å². The third-order valence-corrected chi connectivity index (χ3v) is 5.11. The Morgan fingerprint density at radius 3 is 2.91 bits per heavy atom. The summed E-state index contributed by atoms with van der Waals surface area (Å²) in [5.74, 6) is -0.150. The smallest absolute Gasteiger partial charge is 0.263 e. The molecule has 2 aromatic heterocycles. The molecule has 2 atom stereocenters. The summed E-state index contributed by atoms with van der Waals surface area (Å²) in [6.45, 7) is 1.83. The predicted octanol–water partition coefficient (Wildman–Crippen LogP) is 2.55. The van der Waals surface area contributed by atoms with Gasteiger partial charge in [-0.3, -0.25) is 9.78 Å². The van der Waals surface area contributed by atoms with Crippen molar-refractivity contribution in [2.45, 2.75) is 44.8 Å². The van der Waals surface area contributed by atoms with Gasteiger partial charge in [0.15, 0.2) is 0 Å². The molecule has 2 unspecified atom stereocenters. The van der Waals surface area contributed by atoms with Crippen LogP contribution < -0.4 is 5.32 Å². The van der Waals surface area contributed by atoms with Crippen molar-refractivity contribution >= 4 is 17.2 Å². The van der Waals surface area contributed by atoms with E-state index in [9.17, 15) is 9.90 Å². The van der Waals surface area contributed by atoms with Crippen LogP contribution >= 0.6 is 11.3 Å². The molecule has 2 N–H and O–H groups in total. The van der Waals surface area contributed by atoms with Crippen LogP contribution in [0.4, 0.5) is 0 Å². The van der Waals surface area contributed by atoms with Gasteiger partial charge < -0.3 is 10.4 Å². The topological polar surface area (TPSA) is 75.1 Å². The maximum atomic E-state index is 12.5. The van der Waals surface area contributed by atoms with Crippen LogP contribution in [0, 0.1) is 6.92 Å². The summed E-state index contributed by atoms with van der Waals surface area (Å²) in [6, 6.07) is 5.48. The minimum atomic E-state index is -0.443. The van der Waals surface area contributed by atoms with Crippen LogP contribution in [0.15, 0.2) is 24.4 Å². The predicted molar refractivity (Wildman–Crippen MR) is 85.8 cm³/mol. The van der Waals surface area contributed by atoms with E-state index in [2.05, 4.69) is 15.3 Å². The highest BCUT2D eigenvalue weighted by molar-refractivity contribution is 7.17. The number of aromatic nitrogens is 2. The van der Waals surface area contributed by atoms with Gasteiger partial charge in [0.2, 0.25) is 0 Å². The summed E-state index contributed by atoms with van der Waals surface area (Å²) in [5, 5.41) is 13.7. The van der Waals surface area contributed by atoms with Crippen molar-refractivity contribution in [3.63, 3.8) is 0 Å². The van der Waals surface area contributed by atoms with Gasteiger partial charge in [-0.25, -0.2) is 4.98 Å². The van der Waals surface area contributed by atoms with Crippen molar-refractivity contribution in [3.05, 3.63) is 35.0 Å². The molecule has 2 heterocycles. The lowest BCUT2D eigenvalue weighted by Gasteiger charge is -2.28. The second-order valence-corrected chi connectivity index (χ2v) is 6.58. The van der Waals surface area contributed by atoms with E-state index >= 15 is 0 Å². The molecule has 5 nitrogen and oxygen atoms in total. The number of rotatable bonds is 3. The summed E-state index contributed by atoms with van der Waals surface area (Å²) in [7, 11) is 0. The van der Waals surface area contributed by atoms with Gasteiger partial charge in [-0.05, 0) is 31.9 Å². The standard InChI is InChI=1S/C16H19N3O2S/c1-10-14(15(21)19-11-6-2-3-8-13(11)20)22-16(18-10)12-7-4-5-9-17-12/h4-5,7,9,11,13,20H,2-3,6,8H2,1H3,(H,19,21). The Kier molecular flexibility index (Phi) is 4.49. The summed E-state index contributed by atoms with van der Waals surface area (Å²) >= 11 is 1.34. The van der Waals surface area contributed by atoms with E-state index in [0.29, 0.717) is 10.6 Å². The number of nitrogens with zero attached hydrogens (tertiary/aromatic N) is 2. The molecule has 0 aliphatic heterocycles. The number of pyridine rings is 1. The largest absolute Gasteiger partial charge is 0.391 e. The Labute approximate surface area is 133 Å². The first-order valence-corrected chi connectivity index (χ1v) is 8.34. The molecule has 2 aromatic rings. The lowest BCUT2D eigenvalue weighted by Crippen LogP contribution is -2.45. The Bertz CT molecular complexity index is 657. The summed E-state index contributed by atoms with van der Waals surface area (Å²) in [4.78, 5) is 21.8. The zero-order chi connectivity index (χ0) is 15.5. The molecule has 0 saturated heterocycles. The average Bonchev–Trinajstić information content (AvgIpc) is 2.92. The molecule has 1 fully saturated rings. The number of amides is 1. The molecule has 1 saturated carbocycles. The van der Waals surface area contributed by atoms with Gasteiger partial charge >= 0.3 is 0 Å². The molecule has 0 spiro atoms. The van der Waals surface area contributed by atoms with Gasteiger partial charge in [0.1, 0.15) is 9.88 Å². The van der Waals surface area contributed by atoms with Crippen molar-refractivity contribution in [3.8, 4) is 10.7 Å². The molecule has 0 bridgehead atoms. The van der Waals surface area contributed by atoms with Gasteiger partial charge in [-0.2, -0.15) is 0 Å². The quantitative estimate of drug-likeness (QED) is 0.912. The molecule has 6 heteroatoms. The SMILES string of the molecule is Cc1nc(-c2ccccn2)sc1C(=O)NC1CCCCC1O. The minimum Gasteiger partial charge on any atom is -0.391 e. The maximum absolute atomic E-state index is 12.5. The number of aliphatic hydroxyl groups is 1. The van der Waals surface area contributed by atoms with Crippen LogP contribution in [-0.2, 0) is 0 Å². The molecule has 22 heavy (non-hydrogen) atoms. The normalized spacial score (nSPS) is 21.5. The molecular weight excluding hydrogens is 298 g/mol. The number of aliphatic hydroxyl groups excluding tert-OH is 1. The van der Waals surface area contributed by atoms with Crippen LogP contribution in [0.1, 0.15) is 41.0 Å². The van der Waals surface area contributed by atoms with Crippen molar-refractivity contribution in [1.82, 2.24) is 15.3 Å². The van der Waals surface area contributed by atoms with Crippen LogP contribution in [0.5, 0.6) is 0 Å². The number of aryl methyl sites for hydroxylation is 1. The van der Waals surface area contributed by atoms with E-state index in [-0.39, 0.29) is 11.9 Å². The molecule has 1 amide bonds. The van der Waals surface area contributed by atoms with Crippen LogP contribution in [0.2, 0.25) is 0 Å². The maximum Gasteiger partial charge on any atom is 0.263 e. The summed E-state index contributed by atoms with van der Waals surface area (Å²) in [5.41, 5.74) is 1.47. The van der Waals surface area contributed by atoms with Gasteiger partial charge in [-0.1, -0.05) is 18.9 Å². The average molecular weight is 317 g/mol. The van der Waals surface area contributed by atoms with Crippen molar-refractivity contribution < 1.29 is 9.90 Å². The Balaban J connectivity index is 1.77. The first-order chi connectivity index (χ1) is 10.6. The fourth-order valence-corrected chi connectivity index (χ4v) is 3.67. The number of hydrogen-bond acceptors (Lipinski definition) is 5. The van der Waals surface area contributed by atoms with E-state index in [1.807, 2.05) is 25.1 Å². The first-order valence-electron chi connectivity index (χ1n) is 7.53. The van der Waals surface area contributed by atoms with E-state index in [4.69, 9.17) is 0 Å². The van der Waals surface area contributed by atoms with E-state index in [1.54, 1.807) is 6.20 Å². The molecule has 3 rings (SSSR count). The Morgan fingerprint density at radius 2 is 2.18 bits per heavy atom. The Morgan fingerprint density at radius 1 is 1.36 bits per heavy atom. The monoisotopic (exact) mass is 317 g/mol. The number of hydrogen-bond donors (Lipinski definition) is 2. The Hall–Kier alpha value is -1.79. The third-order valence-electron chi connectivity index (χ3n) is 3.93. The van der Waals surface area contributed by atoms with Crippen LogP contribution in [0.3, 0.4) is 0 Å². The van der Waals surface area contributed by atoms with Crippen molar-refractivity contribution in [2.24, 2.45) is 0 Å².